The molecule has 0 aromatic heterocycles. The summed E-state index contributed by atoms with van der Waals surface area (Å²) in [6, 6.07) is 0. The molecule has 248 valence electrons. The first-order valence-electron chi connectivity index (χ1n) is 16.3. The first-order chi connectivity index (χ1) is 20.8. The first kappa shape index (κ1) is 31.6. The fraction of sp³-hybridized carbons (Fsp3) is 0.879. The van der Waals surface area contributed by atoms with Crippen molar-refractivity contribution in [3.8, 4) is 0 Å². The predicted octanol–water partition coefficient (Wildman–Crippen LogP) is 2.21. The quantitative estimate of drug-likeness (QED) is 0.271. The number of hydrogen-bond acceptors (Lipinski definition) is 11. The summed E-state index contributed by atoms with van der Waals surface area (Å²) in [4.78, 5) is 0. The normalized spacial score (nSPS) is 54.1. The summed E-state index contributed by atoms with van der Waals surface area (Å²) < 4.78 is 49.0. The largest absolute Gasteiger partial charge is 0.390 e. The van der Waals surface area contributed by atoms with Gasteiger partial charge in [-0.25, -0.2) is 0 Å². The average molecular weight is 623 g/mol. The highest BCUT2D eigenvalue weighted by Crippen LogP contribution is 2.59. The smallest absolute Gasteiger partial charge is 0.230 e. The van der Waals surface area contributed by atoms with Gasteiger partial charge in [-0.2, -0.15) is 0 Å². The second-order valence-corrected chi connectivity index (χ2v) is 14.9. The Kier molecular flexibility index (Phi) is 7.75. The van der Waals surface area contributed by atoms with E-state index in [1.165, 1.54) is 5.57 Å². The van der Waals surface area contributed by atoms with Crippen LogP contribution in [0.4, 0.5) is 0 Å². The Labute approximate surface area is 259 Å². The Hall–Kier alpha value is -0.960. The molecule has 4 unspecified atom stereocenters. The second kappa shape index (κ2) is 10.8. The van der Waals surface area contributed by atoms with Gasteiger partial charge in [0.05, 0.1) is 25.9 Å². The molecule has 14 atom stereocenters. The van der Waals surface area contributed by atoms with E-state index in [4.69, 9.17) is 37.9 Å². The van der Waals surface area contributed by atoms with Crippen molar-refractivity contribution in [2.24, 2.45) is 23.2 Å². The van der Waals surface area contributed by atoms with Crippen LogP contribution in [0, 0.1) is 23.2 Å². The van der Waals surface area contributed by atoms with E-state index in [9.17, 15) is 15.3 Å². The SMILES string of the molecule is COC[C@H]1O[C@H](O[C@@H]2C3=C(C(C)C)CC[C@]3(C)/C=C3\[C@@H](CC[C@]3(O)COC)[C@@H](C)[C@H]2O)[C@H](O)C2OC3OC21OC3(C)[C@H]1CO1. The van der Waals surface area contributed by atoms with Crippen LogP contribution in [-0.4, -0.2) is 116 Å². The third-order valence-electron chi connectivity index (χ3n) is 11.7. The summed E-state index contributed by atoms with van der Waals surface area (Å²) >= 11 is 0. The molecule has 11 nitrogen and oxygen atoms in total. The molecule has 0 radical (unpaired) electrons. The van der Waals surface area contributed by atoms with Crippen LogP contribution < -0.4 is 0 Å². The van der Waals surface area contributed by atoms with Crippen LogP contribution >= 0.6 is 0 Å². The summed E-state index contributed by atoms with van der Waals surface area (Å²) in [6.45, 7) is 11.3. The van der Waals surface area contributed by atoms with Gasteiger partial charge >= 0.3 is 0 Å². The van der Waals surface area contributed by atoms with Gasteiger partial charge in [0.15, 0.2) is 12.6 Å². The number of methoxy groups -OCH3 is 2. The van der Waals surface area contributed by atoms with E-state index in [1.807, 2.05) is 13.8 Å². The molecule has 0 aromatic carbocycles. The van der Waals surface area contributed by atoms with Gasteiger partial charge in [0, 0.05) is 19.6 Å². The molecule has 11 heteroatoms. The minimum Gasteiger partial charge on any atom is -0.390 e. The first-order valence-corrected chi connectivity index (χ1v) is 16.3. The minimum absolute atomic E-state index is 0.0440. The monoisotopic (exact) mass is 622 g/mol. The number of fused-ring (bicyclic) bond motifs is 3. The summed E-state index contributed by atoms with van der Waals surface area (Å²) in [7, 11) is 3.19. The van der Waals surface area contributed by atoms with Crippen molar-refractivity contribution in [2.75, 3.05) is 34.0 Å². The van der Waals surface area contributed by atoms with Gasteiger partial charge < -0.3 is 53.2 Å². The average Bonchev–Trinajstić information content (AvgIpc) is 3.48. The van der Waals surface area contributed by atoms with E-state index in [0.717, 1.165) is 30.4 Å². The van der Waals surface area contributed by atoms with Crippen molar-refractivity contribution in [1.29, 1.82) is 0 Å². The Morgan fingerprint density at radius 1 is 1.07 bits per heavy atom. The van der Waals surface area contributed by atoms with Gasteiger partial charge in [0.2, 0.25) is 5.79 Å². The number of ether oxygens (including phenoxy) is 8. The molecule has 0 amide bonds. The molecule has 0 aromatic rings. The lowest BCUT2D eigenvalue weighted by Crippen LogP contribution is -2.70. The lowest BCUT2D eigenvalue weighted by atomic mass is 9.68. The van der Waals surface area contributed by atoms with Crippen molar-refractivity contribution < 1.29 is 53.2 Å². The number of hydrogen-bond donors (Lipinski definition) is 3. The van der Waals surface area contributed by atoms with Gasteiger partial charge in [-0.05, 0) is 61.5 Å². The third kappa shape index (κ3) is 4.49. The zero-order valence-electron chi connectivity index (χ0n) is 27.0. The standard InChI is InChI=1S/C33H50O11/c1-16(2)18-8-10-30(4)12-20-19(9-11-32(20,36)15-38-7)17(3)24(34)26(23(18)30)41-28-25(35)27-33(22(40-28)13-37-6)43-29(42-27)31(5,44-33)21-14-39-21/h12,16-17,19,21-22,24-29,34-36H,8-11,13-15H2,1-7H3/b20-12+/t17-,19+,21-,22-,24-,25-,26-,27?,28-,29?,30-,31?,32+,33?/m1/s1. The Bertz CT molecular complexity index is 1200. The Balaban J connectivity index is 1.25. The van der Waals surface area contributed by atoms with E-state index in [1.54, 1.807) is 14.2 Å². The van der Waals surface area contributed by atoms with Crippen molar-refractivity contribution in [1.82, 2.24) is 0 Å². The highest BCUT2D eigenvalue weighted by atomic mass is 16.9. The number of rotatable bonds is 8. The summed E-state index contributed by atoms with van der Waals surface area (Å²) in [6.07, 6.45) is -1.41. The van der Waals surface area contributed by atoms with Crippen LogP contribution in [0.15, 0.2) is 22.8 Å². The van der Waals surface area contributed by atoms with E-state index >= 15 is 0 Å². The van der Waals surface area contributed by atoms with Crippen LogP contribution in [0.1, 0.15) is 60.3 Å². The molecular formula is C33H50O11. The van der Waals surface area contributed by atoms with Crippen molar-refractivity contribution >= 4 is 0 Å². The maximum Gasteiger partial charge on any atom is 0.230 e. The Morgan fingerprint density at radius 2 is 1.82 bits per heavy atom. The van der Waals surface area contributed by atoms with E-state index in [-0.39, 0.29) is 37.1 Å². The van der Waals surface area contributed by atoms with Gasteiger partial charge in [-0.15, -0.1) is 0 Å². The van der Waals surface area contributed by atoms with Crippen molar-refractivity contribution in [3.05, 3.63) is 22.8 Å². The Morgan fingerprint density at radius 3 is 2.48 bits per heavy atom. The fourth-order valence-corrected chi connectivity index (χ4v) is 9.18. The van der Waals surface area contributed by atoms with E-state index in [2.05, 4.69) is 26.8 Å². The van der Waals surface area contributed by atoms with Crippen LogP contribution in [-0.2, 0) is 37.9 Å². The molecular weight excluding hydrogens is 572 g/mol. The highest BCUT2D eigenvalue weighted by Gasteiger charge is 2.77. The highest BCUT2D eigenvalue weighted by molar-refractivity contribution is 5.42. The summed E-state index contributed by atoms with van der Waals surface area (Å²) in [5.74, 6) is -1.45. The molecule has 5 fully saturated rings. The fourth-order valence-electron chi connectivity index (χ4n) is 9.18. The second-order valence-electron chi connectivity index (χ2n) is 14.9. The third-order valence-corrected chi connectivity index (χ3v) is 11.7. The number of aliphatic hydroxyl groups excluding tert-OH is 2. The minimum atomic E-state index is -1.38. The van der Waals surface area contributed by atoms with E-state index in [0.29, 0.717) is 13.0 Å². The lowest BCUT2D eigenvalue weighted by Gasteiger charge is -2.50. The zero-order chi connectivity index (χ0) is 31.4. The molecule has 7 aliphatic rings. The maximum absolute atomic E-state index is 12.2. The topological polar surface area (TPSA) is 138 Å². The van der Waals surface area contributed by atoms with E-state index < -0.39 is 65.5 Å². The molecule has 4 heterocycles. The predicted molar refractivity (Wildman–Crippen MR) is 155 cm³/mol. The summed E-state index contributed by atoms with van der Waals surface area (Å²) in [5, 5.41) is 35.7. The number of epoxide rings is 1. The summed E-state index contributed by atoms with van der Waals surface area (Å²) in [5.41, 5.74) is 0.814. The van der Waals surface area contributed by atoms with Gasteiger partial charge in [-0.1, -0.05) is 39.3 Å². The van der Waals surface area contributed by atoms with Crippen molar-refractivity contribution in [2.45, 2.75) is 126 Å². The van der Waals surface area contributed by atoms with Crippen LogP contribution in [0.3, 0.4) is 0 Å². The number of aliphatic hydroxyl groups is 3. The van der Waals surface area contributed by atoms with Gasteiger partial charge in [-0.3, -0.25) is 0 Å². The molecule has 3 N–H and O–H groups in total. The molecule has 44 heavy (non-hydrogen) atoms. The van der Waals surface area contributed by atoms with Crippen LogP contribution in [0.5, 0.6) is 0 Å². The molecule has 2 bridgehead atoms. The van der Waals surface area contributed by atoms with Crippen LogP contribution in [0.25, 0.3) is 0 Å². The molecule has 1 spiro atoms. The molecule has 4 saturated heterocycles. The molecule has 4 aliphatic heterocycles. The number of allylic oxidation sites excluding steroid dienone is 2. The zero-order valence-corrected chi connectivity index (χ0v) is 27.0. The van der Waals surface area contributed by atoms with Gasteiger partial charge in [0.25, 0.3) is 0 Å². The lowest BCUT2D eigenvalue weighted by molar-refractivity contribution is -0.385. The van der Waals surface area contributed by atoms with Crippen molar-refractivity contribution in [3.63, 3.8) is 0 Å². The van der Waals surface area contributed by atoms with Crippen LogP contribution in [0.2, 0.25) is 0 Å². The van der Waals surface area contributed by atoms with Gasteiger partial charge in [0.1, 0.15) is 41.7 Å². The molecule has 7 rings (SSSR count). The molecule has 3 aliphatic carbocycles. The maximum atomic E-state index is 12.2. The molecule has 1 saturated carbocycles.